The zero-order valence-electron chi connectivity index (χ0n) is 10.4. The van der Waals surface area contributed by atoms with E-state index in [4.69, 9.17) is 4.74 Å². The van der Waals surface area contributed by atoms with Gasteiger partial charge in [0.2, 0.25) is 0 Å². The standard InChI is InChI=1S/C12H22O3S/c1-10(2)8-15-11(3)12-6-4-5-7-16(13,14)9-12/h8,11-12H,4-7,9H2,1-3H3. The van der Waals surface area contributed by atoms with Crippen LogP contribution in [0.3, 0.4) is 0 Å². The van der Waals surface area contributed by atoms with Crippen LogP contribution in [0.5, 0.6) is 0 Å². The van der Waals surface area contributed by atoms with Crippen LogP contribution in [0.25, 0.3) is 0 Å². The van der Waals surface area contributed by atoms with Gasteiger partial charge in [-0.15, -0.1) is 0 Å². The monoisotopic (exact) mass is 246 g/mol. The Bertz CT molecular complexity index is 339. The Morgan fingerprint density at radius 1 is 1.38 bits per heavy atom. The Labute approximate surface area is 98.8 Å². The first-order valence-corrected chi connectivity index (χ1v) is 7.72. The molecule has 1 heterocycles. The van der Waals surface area contributed by atoms with Gasteiger partial charge in [0, 0.05) is 5.92 Å². The summed E-state index contributed by atoms with van der Waals surface area (Å²) in [6, 6.07) is 0. The van der Waals surface area contributed by atoms with Crippen molar-refractivity contribution in [3.63, 3.8) is 0 Å². The van der Waals surface area contributed by atoms with Crippen LogP contribution in [0.15, 0.2) is 11.8 Å². The molecule has 3 nitrogen and oxygen atoms in total. The molecule has 0 N–H and O–H groups in total. The maximum atomic E-state index is 11.7. The van der Waals surface area contributed by atoms with Gasteiger partial charge in [0.1, 0.15) is 0 Å². The van der Waals surface area contributed by atoms with E-state index in [1.54, 1.807) is 6.26 Å². The van der Waals surface area contributed by atoms with E-state index in [0.29, 0.717) is 5.75 Å². The average molecular weight is 246 g/mol. The summed E-state index contributed by atoms with van der Waals surface area (Å²) in [6.07, 6.45) is 4.46. The van der Waals surface area contributed by atoms with Crippen molar-refractivity contribution in [3.05, 3.63) is 11.8 Å². The van der Waals surface area contributed by atoms with E-state index in [2.05, 4.69) is 0 Å². The van der Waals surface area contributed by atoms with Crippen LogP contribution < -0.4 is 0 Å². The molecule has 0 aromatic rings. The van der Waals surface area contributed by atoms with E-state index in [1.165, 1.54) is 0 Å². The number of ether oxygens (including phenoxy) is 1. The number of sulfone groups is 1. The molecule has 4 heteroatoms. The molecule has 1 fully saturated rings. The number of allylic oxidation sites excluding steroid dienone is 1. The van der Waals surface area contributed by atoms with Crippen LogP contribution in [0.4, 0.5) is 0 Å². The first kappa shape index (κ1) is 13.6. The largest absolute Gasteiger partial charge is 0.498 e. The highest BCUT2D eigenvalue weighted by atomic mass is 32.2. The molecule has 2 unspecified atom stereocenters. The summed E-state index contributed by atoms with van der Waals surface area (Å²) in [5.41, 5.74) is 1.10. The fourth-order valence-corrected chi connectivity index (χ4v) is 3.85. The molecule has 0 aliphatic carbocycles. The van der Waals surface area contributed by atoms with E-state index in [-0.39, 0.29) is 17.8 Å². The molecule has 0 aromatic heterocycles. The van der Waals surface area contributed by atoms with Gasteiger partial charge in [-0.1, -0.05) is 6.42 Å². The molecule has 1 saturated heterocycles. The first-order valence-electron chi connectivity index (χ1n) is 5.90. The lowest BCUT2D eigenvalue weighted by molar-refractivity contribution is 0.105. The van der Waals surface area contributed by atoms with Crippen molar-refractivity contribution >= 4 is 9.84 Å². The Morgan fingerprint density at radius 2 is 2.06 bits per heavy atom. The summed E-state index contributed by atoms with van der Waals surface area (Å²) >= 11 is 0. The third-order valence-corrected chi connectivity index (χ3v) is 4.78. The van der Waals surface area contributed by atoms with Gasteiger partial charge in [0.15, 0.2) is 9.84 Å². The topological polar surface area (TPSA) is 43.4 Å². The second kappa shape index (κ2) is 5.71. The molecule has 0 saturated carbocycles. The van der Waals surface area contributed by atoms with Crippen LogP contribution in [0, 0.1) is 5.92 Å². The molecule has 94 valence electrons. The van der Waals surface area contributed by atoms with Crippen LogP contribution in [-0.4, -0.2) is 26.0 Å². The van der Waals surface area contributed by atoms with E-state index >= 15 is 0 Å². The van der Waals surface area contributed by atoms with Crippen molar-refractivity contribution < 1.29 is 13.2 Å². The molecule has 0 aromatic carbocycles. The molecule has 16 heavy (non-hydrogen) atoms. The minimum absolute atomic E-state index is 0.0113. The lowest BCUT2D eigenvalue weighted by Crippen LogP contribution is -2.26. The maximum Gasteiger partial charge on any atom is 0.150 e. The van der Waals surface area contributed by atoms with E-state index in [9.17, 15) is 8.42 Å². The first-order chi connectivity index (χ1) is 7.41. The highest BCUT2D eigenvalue weighted by Gasteiger charge is 2.27. The normalized spacial score (nSPS) is 26.6. The van der Waals surface area contributed by atoms with Gasteiger partial charge in [0.25, 0.3) is 0 Å². The van der Waals surface area contributed by atoms with Gasteiger partial charge < -0.3 is 4.74 Å². The van der Waals surface area contributed by atoms with Crippen molar-refractivity contribution in [1.29, 1.82) is 0 Å². The minimum atomic E-state index is -2.85. The average Bonchev–Trinajstić information content (AvgIpc) is 2.35. The van der Waals surface area contributed by atoms with Crippen LogP contribution in [-0.2, 0) is 14.6 Å². The van der Waals surface area contributed by atoms with Crippen molar-refractivity contribution in [2.24, 2.45) is 5.92 Å². The van der Waals surface area contributed by atoms with E-state index in [0.717, 1.165) is 24.8 Å². The Hall–Kier alpha value is -0.510. The minimum Gasteiger partial charge on any atom is -0.498 e. The zero-order chi connectivity index (χ0) is 12.2. The second-order valence-corrected chi connectivity index (χ2v) is 7.14. The molecule has 1 rings (SSSR count). The molecule has 0 bridgehead atoms. The predicted octanol–water partition coefficient (Wildman–Crippen LogP) is 2.53. The van der Waals surface area contributed by atoms with Crippen LogP contribution in [0.1, 0.15) is 40.0 Å². The van der Waals surface area contributed by atoms with Crippen molar-refractivity contribution in [2.45, 2.75) is 46.1 Å². The summed E-state index contributed by atoms with van der Waals surface area (Å²) in [5.74, 6) is 0.770. The summed E-state index contributed by atoms with van der Waals surface area (Å²) in [7, 11) is -2.85. The lowest BCUT2D eigenvalue weighted by atomic mass is 9.99. The second-order valence-electron chi connectivity index (χ2n) is 4.91. The third-order valence-electron chi connectivity index (χ3n) is 2.93. The summed E-state index contributed by atoms with van der Waals surface area (Å²) < 4.78 is 28.9. The molecule has 2 atom stereocenters. The van der Waals surface area contributed by atoms with Gasteiger partial charge in [-0.05, 0) is 39.2 Å². The Balaban J connectivity index is 2.60. The molecule has 0 radical (unpaired) electrons. The van der Waals surface area contributed by atoms with Crippen molar-refractivity contribution in [3.8, 4) is 0 Å². The number of rotatable bonds is 3. The van der Waals surface area contributed by atoms with Crippen LogP contribution >= 0.6 is 0 Å². The molecular formula is C12H22O3S. The van der Waals surface area contributed by atoms with Gasteiger partial charge in [-0.3, -0.25) is 0 Å². The molecular weight excluding hydrogens is 224 g/mol. The zero-order valence-corrected chi connectivity index (χ0v) is 11.2. The SMILES string of the molecule is CC(C)=COC(C)C1CCCCS(=O)(=O)C1. The van der Waals surface area contributed by atoms with Gasteiger partial charge in [-0.2, -0.15) is 0 Å². The highest BCUT2D eigenvalue weighted by molar-refractivity contribution is 7.91. The summed E-state index contributed by atoms with van der Waals surface area (Å²) in [4.78, 5) is 0. The third kappa shape index (κ3) is 4.56. The van der Waals surface area contributed by atoms with E-state index < -0.39 is 9.84 Å². The number of hydrogen-bond acceptors (Lipinski definition) is 3. The van der Waals surface area contributed by atoms with Gasteiger partial charge in [0.05, 0.1) is 23.9 Å². The smallest absolute Gasteiger partial charge is 0.150 e. The summed E-state index contributed by atoms with van der Waals surface area (Å²) in [5, 5.41) is 0. The Kier molecular flexibility index (Phi) is 4.84. The summed E-state index contributed by atoms with van der Waals surface area (Å²) in [6.45, 7) is 5.90. The maximum absolute atomic E-state index is 11.7. The fourth-order valence-electron chi connectivity index (χ4n) is 1.95. The molecule has 0 spiro atoms. The van der Waals surface area contributed by atoms with Gasteiger partial charge >= 0.3 is 0 Å². The van der Waals surface area contributed by atoms with Gasteiger partial charge in [-0.25, -0.2) is 8.42 Å². The number of hydrogen-bond donors (Lipinski definition) is 0. The fraction of sp³-hybridized carbons (Fsp3) is 0.833. The quantitative estimate of drug-likeness (QED) is 0.719. The predicted molar refractivity (Wildman–Crippen MR) is 66.0 cm³/mol. The molecule has 0 amide bonds. The van der Waals surface area contributed by atoms with Crippen molar-refractivity contribution in [2.75, 3.05) is 11.5 Å². The molecule has 1 aliphatic rings. The lowest BCUT2D eigenvalue weighted by Gasteiger charge is -2.21. The van der Waals surface area contributed by atoms with Crippen molar-refractivity contribution in [1.82, 2.24) is 0 Å². The van der Waals surface area contributed by atoms with E-state index in [1.807, 2.05) is 20.8 Å². The van der Waals surface area contributed by atoms with Crippen LogP contribution in [0.2, 0.25) is 0 Å². The highest BCUT2D eigenvalue weighted by Crippen LogP contribution is 2.23. The Morgan fingerprint density at radius 3 is 2.69 bits per heavy atom. The molecule has 1 aliphatic heterocycles.